The quantitative estimate of drug-likeness (QED) is 0.901. The van der Waals surface area contributed by atoms with Gasteiger partial charge in [-0.05, 0) is 50.7 Å². The van der Waals surface area contributed by atoms with E-state index < -0.39 is 0 Å². The van der Waals surface area contributed by atoms with Crippen LogP contribution in [0.25, 0.3) is 0 Å². The van der Waals surface area contributed by atoms with Crippen molar-refractivity contribution in [1.29, 1.82) is 0 Å². The molecule has 3 rings (SSSR count). The minimum atomic E-state index is -0.299. The van der Waals surface area contributed by atoms with Crippen LogP contribution in [0.15, 0.2) is 18.3 Å². The maximum Gasteiger partial charge on any atom is 0.231 e. The highest BCUT2D eigenvalue weighted by molar-refractivity contribution is 5.85. The van der Waals surface area contributed by atoms with Gasteiger partial charge < -0.3 is 10.6 Å². The molecule has 0 unspecified atom stereocenters. The van der Waals surface area contributed by atoms with Crippen molar-refractivity contribution in [2.24, 2.45) is 11.7 Å². The third-order valence-electron chi connectivity index (χ3n) is 5.06. The molecular formula is C17H23N3O2. The van der Waals surface area contributed by atoms with Crippen LogP contribution in [-0.2, 0) is 16.0 Å². The summed E-state index contributed by atoms with van der Waals surface area (Å²) in [4.78, 5) is 30.8. The van der Waals surface area contributed by atoms with Crippen LogP contribution in [0, 0.1) is 5.92 Å². The Hall–Kier alpha value is -1.91. The lowest BCUT2D eigenvalue weighted by Gasteiger charge is -2.39. The summed E-state index contributed by atoms with van der Waals surface area (Å²) in [5.74, 6) is -0.573. The minimum Gasteiger partial charge on any atom is -0.369 e. The van der Waals surface area contributed by atoms with E-state index in [-0.39, 0.29) is 29.7 Å². The Balaban J connectivity index is 1.83. The van der Waals surface area contributed by atoms with E-state index in [1.165, 1.54) is 5.56 Å². The van der Waals surface area contributed by atoms with Crippen LogP contribution in [0.1, 0.15) is 49.8 Å². The van der Waals surface area contributed by atoms with Crippen molar-refractivity contribution < 1.29 is 9.59 Å². The standard InChI is InChI=1S/C17H23N3O2/c1-11-7-8-13(16(18)21)10-20(11)17(22)14-6-2-4-12-5-3-9-19-15(12)14/h3,5,9,11,13-14H,2,4,6-8,10H2,1H3,(H2,18,21)/t11-,13+,14+/m1/s1. The number of nitrogens with zero attached hydrogens (tertiary/aromatic N) is 2. The van der Waals surface area contributed by atoms with Gasteiger partial charge in [-0.2, -0.15) is 0 Å². The van der Waals surface area contributed by atoms with Crippen LogP contribution in [-0.4, -0.2) is 34.3 Å². The third kappa shape index (κ3) is 2.72. The highest BCUT2D eigenvalue weighted by Crippen LogP contribution is 2.33. The molecular weight excluding hydrogens is 278 g/mol. The number of aromatic nitrogens is 1. The van der Waals surface area contributed by atoms with Gasteiger partial charge in [-0.3, -0.25) is 14.6 Å². The summed E-state index contributed by atoms with van der Waals surface area (Å²) in [7, 11) is 0. The molecule has 5 nitrogen and oxygen atoms in total. The number of amides is 2. The first-order valence-electron chi connectivity index (χ1n) is 8.11. The van der Waals surface area contributed by atoms with Gasteiger partial charge in [0.05, 0.1) is 17.5 Å². The van der Waals surface area contributed by atoms with E-state index >= 15 is 0 Å². The smallest absolute Gasteiger partial charge is 0.231 e. The molecule has 1 aromatic rings. The number of piperidine rings is 1. The zero-order valence-corrected chi connectivity index (χ0v) is 13.0. The normalized spacial score (nSPS) is 28.0. The van der Waals surface area contributed by atoms with Crippen molar-refractivity contribution in [3.63, 3.8) is 0 Å². The lowest BCUT2D eigenvalue weighted by molar-refractivity contribution is -0.139. The summed E-state index contributed by atoms with van der Waals surface area (Å²) in [6, 6.07) is 4.16. The van der Waals surface area contributed by atoms with Crippen molar-refractivity contribution in [1.82, 2.24) is 9.88 Å². The van der Waals surface area contributed by atoms with Gasteiger partial charge in [0.2, 0.25) is 11.8 Å². The number of primary amides is 1. The Morgan fingerprint density at radius 1 is 1.32 bits per heavy atom. The molecule has 5 heteroatoms. The second-order valence-corrected chi connectivity index (χ2v) is 6.51. The number of likely N-dealkylation sites (tertiary alicyclic amines) is 1. The van der Waals surface area contributed by atoms with Crippen molar-refractivity contribution in [2.45, 2.75) is 51.0 Å². The Labute approximate surface area is 130 Å². The van der Waals surface area contributed by atoms with Gasteiger partial charge >= 0.3 is 0 Å². The molecule has 2 N–H and O–H groups in total. The van der Waals surface area contributed by atoms with Gasteiger partial charge in [-0.1, -0.05) is 6.07 Å². The van der Waals surface area contributed by atoms with Gasteiger partial charge in [0.15, 0.2) is 0 Å². The zero-order valence-electron chi connectivity index (χ0n) is 13.0. The summed E-state index contributed by atoms with van der Waals surface area (Å²) in [6.07, 6.45) is 6.22. The molecule has 1 aliphatic carbocycles. The number of aryl methyl sites for hydroxylation is 1. The van der Waals surface area contributed by atoms with E-state index in [9.17, 15) is 9.59 Å². The number of hydrogen-bond donors (Lipinski definition) is 1. The third-order valence-corrected chi connectivity index (χ3v) is 5.06. The van der Waals surface area contributed by atoms with Crippen LogP contribution in [0.5, 0.6) is 0 Å². The van der Waals surface area contributed by atoms with Crippen LogP contribution >= 0.6 is 0 Å². The number of carbonyl (C=O) groups is 2. The first-order valence-corrected chi connectivity index (χ1v) is 8.11. The maximum atomic E-state index is 13.0. The van der Waals surface area contributed by atoms with Crippen LogP contribution in [0.4, 0.5) is 0 Å². The lowest BCUT2D eigenvalue weighted by Crippen LogP contribution is -2.50. The predicted molar refractivity (Wildman–Crippen MR) is 83.0 cm³/mol. The Kier molecular flexibility index (Phi) is 4.14. The van der Waals surface area contributed by atoms with Crippen LogP contribution in [0.2, 0.25) is 0 Å². The summed E-state index contributed by atoms with van der Waals surface area (Å²) >= 11 is 0. The first kappa shape index (κ1) is 15.0. The van der Waals surface area contributed by atoms with E-state index in [1.54, 1.807) is 6.20 Å². The fourth-order valence-corrected chi connectivity index (χ4v) is 3.70. The monoisotopic (exact) mass is 301 g/mol. The molecule has 0 saturated carbocycles. The molecule has 118 valence electrons. The zero-order chi connectivity index (χ0) is 15.7. The highest BCUT2D eigenvalue weighted by Gasteiger charge is 2.37. The average molecular weight is 301 g/mol. The van der Waals surface area contributed by atoms with Gasteiger partial charge in [-0.25, -0.2) is 0 Å². The molecule has 1 fully saturated rings. The second kappa shape index (κ2) is 6.07. The van der Waals surface area contributed by atoms with Gasteiger partial charge in [0.1, 0.15) is 0 Å². The summed E-state index contributed by atoms with van der Waals surface area (Å²) in [5, 5.41) is 0. The topological polar surface area (TPSA) is 76.3 Å². The Bertz CT molecular complexity index is 587. The molecule has 2 heterocycles. The van der Waals surface area contributed by atoms with Gasteiger partial charge in [0, 0.05) is 18.8 Å². The summed E-state index contributed by atoms with van der Waals surface area (Å²) in [6.45, 7) is 2.51. The Morgan fingerprint density at radius 3 is 2.91 bits per heavy atom. The van der Waals surface area contributed by atoms with E-state index in [0.717, 1.165) is 37.8 Å². The fourth-order valence-electron chi connectivity index (χ4n) is 3.70. The van der Waals surface area contributed by atoms with Gasteiger partial charge in [0.25, 0.3) is 0 Å². The lowest BCUT2D eigenvalue weighted by atomic mass is 9.84. The molecule has 0 bridgehead atoms. The number of carbonyl (C=O) groups excluding carboxylic acids is 2. The molecule has 1 aliphatic heterocycles. The van der Waals surface area contributed by atoms with E-state index in [4.69, 9.17) is 5.73 Å². The van der Waals surface area contributed by atoms with Crippen molar-refractivity contribution in [2.75, 3.05) is 6.54 Å². The number of rotatable bonds is 2. The average Bonchev–Trinajstić information content (AvgIpc) is 2.54. The Morgan fingerprint density at radius 2 is 2.14 bits per heavy atom. The summed E-state index contributed by atoms with van der Waals surface area (Å²) < 4.78 is 0. The number of pyridine rings is 1. The van der Waals surface area contributed by atoms with Crippen LogP contribution < -0.4 is 5.73 Å². The molecule has 0 radical (unpaired) electrons. The largest absolute Gasteiger partial charge is 0.369 e. The van der Waals surface area contributed by atoms with Crippen LogP contribution in [0.3, 0.4) is 0 Å². The molecule has 1 saturated heterocycles. The van der Waals surface area contributed by atoms with E-state index in [0.29, 0.717) is 6.54 Å². The molecule has 2 aliphatic rings. The van der Waals surface area contributed by atoms with Crippen molar-refractivity contribution in [3.8, 4) is 0 Å². The number of hydrogen-bond acceptors (Lipinski definition) is 3. The molecule has 22 heavy (non-hydrogen) atoms. The van der Waals surface area contributed by atoms with E-state index in [1.807, 2.05) is 11.0 Å². The minimum absolute atomic E-state index is 0.109. The summed E-state index contributed by atoms with van der Waals surface area (Å²) in [5.41, 5.74) is 7.55. The van der Waals surface area contributed by atoms with Crippen molar-refractivity contribution >= 4 is 11.8 Å². The van der Waals surface area contributed by atoms with E-state index in [2.05, 4.69) is 18.0 Å². The molecule has 0 aromatic carbocycles. The molecule has 0 spiro atoms. The molecule has 3 atom stereocenters. The van der Waals surface area contributed by atoms with Gasteiger partial charge in [-0.15, -0.1) is 0 Å². The first-order chi connectivity index (χ1) is 10.6. The van der Waals surface area contributed by atoms with Crippen molar-refractivity contribution in [3.05, 3.63) is 29.6 Å². The number of nitrogens with two attached hydrogens (primary N) is 1. The molecule has 2 amide bonds. The predicted octanol–water partition coefficient (Wildman–Crippen LogP) is 1.61. The fraction of sp³-hybridized carbons (Fsp3) is 0.588. The number of fused-ring (bicyclic) bond motifs is 1. The highest BCUT2D eigenvalue weighted by atomic mass is 16.2. The SMILES string of the molecule is C[C@@H]1CC[C@H](C(N)=O)CN1C(=O)[C@H]1CCCc2cccnc21. The molecule has 1 aromatic heterocycles. The second-order valence-electron chi connectivity index (χ2n) is 6.51. The maximum absolute atomic E-state index is 13.0.